The second-order valence-electron chi connectivity index (χ2n) is 7.96. The van der Waals surface area contributed by atoms with Gasteiger partial charge in [0, 0.05) is 28.9 Å². The summed E-state index contributed by atoms with van der Waals surface area (Å²) < 4.78 is 0. The largest absolute Gasteiger partial charge is 0.351 e. The molecule has 5 rings (SSSR count). The third-order valence-corrected chi connectivity index (χ3v) is 6.56. The molecule has 0 aliphatic carbocycles. The summed E-state index contributed by atoms with van der Waals surface area (Å²) in [5.41, 5.74) is 1.35. The molecule has 4 nitrogen and oxygen atoms in total. The van der Waals surface area contributed by atoms with Crippen molar-refractivity contribution in [2.45, 2.75) is 31.7 Å². The number of ketones is 1. The smallest absolute Gasteiger partial charge is 0.185 e. The number of carbonyl (C=O) groups excluding carboxylic acids is 1. The lowest BCUT2D eigenvalue weighted by atomic mass is 9.66. The molecule has 0 saturated carbocycles. The first kappa shape index (κ1) is 18.1. The van der Waals surface area contributed by atoms with Crippen LogP contribution in [0.5, 0.6) is 0 Å². The van der Waals surface area contributed by atoms with E-state index < -0.39 is 5.41 Å². The maximum absolute atomic E-state index is 13.7. The zero-order valence-electron chi connectivity index (χ0n) is 15.9. The molecule has 0 radical (unpaired) electrons. The minimum atomic E-state index is -1.12. The summed E-state index contributed by atoms with van der Waals surface area (Å²) in [6, 6.07) is 19.3. The van der Waals surface area contributed by atoms with Gasteiger partial charge < -0.3 is 4.90 Å². The first-order chi connectivity index (χ1) is 14.1. The van der Waals surface area contributed by atoms with Gasteiger partial charge in [-0.15, -0.1) is 0 Å². The van der Waals surface area contributed by atoms with Gasteiger partial charge in [0.05, 0.1) is 17.6 Å². The Hall–Kier alpha value is -2.90. The summed E-state index contributed by atoms with van der Waals surface area (Å²) in [7, 11) is 0. The van der Waals surface area contributed by atoms with E-state index >= 15 is 0 Å². The van der Waals surface area contributed by atoms with Crippen LogP contribution in [0.3, 0.4) is 0 Å². The number of carbonyl (C=O) groups is 1. The van der Waals surface area contributed by atoms with Crippen LogP contribution in [0.1, 0.15) is 35.2 Å². The number of nitriles is 1. The van der Waals surface area contributed by atoms with Crippen molar-refractivity contribution in [1.82, 2.24) is 4.98 Å². The molecule has 1 saturated heterocycles. The fourth-order valence-corrected chi connectivity index (χ4v) is 5.03. The van der Waals surface area contributed by atoms with Crippen LogP contribution in [0.15, 0.2) is 54.6 Å². The molecule has 2 aromatic carbocycles. The first-order valence-electron chi connectivity index (χ1n) is 9.99. The standard InChI is InChI=1S/C24H20ClN3O/c25-19-10-8-16(9-11-19)22(29)24(15-26)14-18-13-17-5-1-2-6-20(17)27-23(18)28-12-4-3-7-21(24)28/h1-2,5-6,8-11,13,21H,3-4,7,12,14H2/t21-,24+/m0/s1. The van der Waals surface area contributed by atoms with Crippen LogP contribution in [-0.2, 0) is 6.42 Å². The minimum absolute atomic E-state index is 0.118. The molecular formula is C24H20ClN3O. The van der Waals surface area contributed by atoms with Crippen molar-refractivity contribution in [1.29, 1.82) is 5.26 Å². The predicted octanol–water partition coefficient (Wildman–Crippen LogP) is 5.20. The van der Waals surface area contributed by atoms with Crippen molar-refractivity contribution in [3.8, 4) is 6.07 Å². The number of halogens is 1. The van der Waals surface area contributed by atoms with Gasteiger partial charge >= 0.3 is 0 Å². The maximum atomic E-state index is 13.7. The second-order valence-corrected chi connectivity index (χ2v) is 8.40. The quantitative estimate of drug-likeness (QED) is 0.554. The Kier molecular flexibility index (Phi) is 4.29. The maximum Gasteiger partial charge on any atom is 0.185 e. The van der Waals surface area contributed by atoms with Crippen molar-refractivity contribution < 1.29 is 4.79 Å². The number of aromatic nitrogens is 1. The van der Waals surface area contributed by atoms with E-state index in [2.05, 4.69) is 17.0 Å². The zero-order valence-corrected chi connectivity index (χ0v) is 16.7. The number of para-hydroxylation sites is 1. The Labute approximate surface area is 174 Å². The van der Waals surface area contributed by atoms with Crippen molar-refractivity contribution in [3.63, 3.8) is 0 Å². The van der Waals surface area contributed by atoms with E-state index in [0.29, 0.717) is 17.0 Å². The average molecular weight is 402 g/mol. The highest BCUT2D eigenvalue weighted by atomic mass is 35.5. The van der Waals surface area contributed by atoms with Crippen LogP contribution in [0, 0.1) is 16.7 Å². The van der Waals surface area contributed by atoms with Gasteiger partial charge in [-0.05, 0) is 61.2 Å². The van der Waals surface area contributed by atoms with Gasteiger partial charge in [0.1, 0.15) is 11.2 Å². The molecule has 2 aliphatic heterocycles. The lowest BCUT2D eigenvalue weighted by Crippen LogP contribution is -2.58. The molecular weight excluding hydrogens is 382 g/mol. The number of hydrogen-bond donors (Lipinski definition) is 0. The zero-order chi connectivity index (χ0) is 20.0. The van der Waals surface area contributed by atoms with Gasteiger partial charge in [0.25, 0.3) is 0 Å². The molecule has 2 aliphatic rings. The molecule has 0 bridgehead atoms. The summed E-state index contributed by atoms with van der Waals surface area (Å²) in [5.74, 6) is 0.815. The number of nitrogens with zero attached hydrogens (tertiary/aromatic N) is 3. The number of Topliss-reactive ketones (excluding diaryl/α,β-unsaturated/α-hetero) is 1. The number of piperidine rings is 1. The van der Waals surface area contributed by atoms with Crippen LogP contribution >= 0.6 is 11.6 Å². The Morgan fingerprint density at radius 2 is 1.97 bits per heavy atom. The number of anilines is 1. The van der Waals surface area contributed by atoms with Gasteiger partial charge in [-0.25, -0.2) is 4.98 Å². The fourth-order valence-electron chi connectivity index (χ4n) is 4.90. The van der Waals surface area contributed by atoms with Crippen LogP contribution in [0.2, 0.25) is 5.02 Å². The molecule has 1 fully saturated rings. The molecule has 0 unspecified atom stereocenters. The number of pyridine rings is 1. The summed E-state index contributed by atoms with van der Waals surface area (Å²) in [4.78, 5) is 20.8. The molecule has 0 spiro atoms. The minimum Gasteiger partial charge on any atom is -0.351 e. The lowest BCUT2D eigenvalue weighted by Gasteiger charge is -2.49. The highest BCUT2D eigenvalue weighted by Gasteiger charge is 2.53. The highest BCUT2D eigenvalue weighted by Crippen LogP contribution is 2.46. The van der Waals surface area contributed by atoms with Crippen LogP contribution in [0.4, 0.5) is 5.82 Å². The summed E-state index contributed by atoms with van der Waals surface area (Å²) in [6.45, 7) is 0.820. The monoisotopic (exact) mass is 401 g/mol. The molecule has 0 amide bonds. The molecule has 3 heterocycles. The molecule has 1 aromatic heterocycles. The van der Waals surface area contributed by atoms with Crippen LogP contribution in [0.25, 0.3) is 10.9 Å². The predicted molar refractivity (Wildman–Crippen MR) is 114 cm³/mol. The summed E-state index contributed by atoms with van der Waals surface area (Å²) >= 11 is 6.01. The van der Waals surface area contributed by atoms with Crippen LogP contribution in [-0.4, -0.2) is 23.4 Å². The van der Waals surface area contributed by atoms with E-state index in [1.807, 2.05) is 24.3 Å². The van der Waals surface area contributed by atoms with E-state index in [4.69, 9.17) is 16.6 Å². The Bertz CT molecular complexity index is 1150. The molecule has 5 heteroatoms. The number of fused-ring (bicyclic) bond motifs is 4. The molecule has 29 heavy (non-hydrogen) atoms. The van der Waals surface area contributed by atoms with Gasteiger partial charge in [0.15, 0.2) is 5.78 Å². The van der Waals surface area contributed by atoms with E-state index in [-0.39, 0.29) is 11.8 Å². The Morgan fingerprint density at radius 1 is 1.17 bits per heavy atom. The third kappa shape index (κ3) is 2.81. The van der Waals surface area contributed by atoms with Crippen molar-refractivity contribution in [2.75, 3.05) is 11.4 Å². The van der Waals surface area contributed by atoms with Gasteiger partial charge in [-0.3, -0.25) is 4.79 Å². The summed E-state index contributed by atoms with van der Waals surface area (Å²) in [5, 5.41) is 12.0. The molecule has 3 aromatic rings. The van der Waals surface area contributed by atoms with Gasteiger partial charge in [0.2, 0.25) is 0 Å². The van der Waals surface area contributed by atoms with Gasteiger partial charge in [-0.2, -0.15) is 5.26 Å². The van der Waals surface area contributed by atoms with Gasteiger partial charge in [-0.1, -0.05) is 29.8 Å². The normalized spacial score (nSPS) is 23.2. The summed E-state index contributed by atoms with van der Waals surface area (Å²) in [6.07, 6.45) is 3.27. The van der Waals surface area contributed by atoms with Crippen molar-refractivity contribution >= 4 is 34.1 Å². The highest BCUT2D eigenvalue weighted by molar-refractivity contribution is 6.30. The molecule has 144 valence electrons. The van der Waals surface area contributed by atoms with Crippen LogP contribution < -0.4 is 4.90 Å². The Balaban J connectivity index is 1.68. The van der Waals surface area contributed by atoms with E-state index in [0.717, 1.165) is 48.1 Å². The topological polar surface area (TPSA) is 57.0 Å². The van der Waals surface area contributed by atoms with Crippen molar-refractivity contribution in [3.05, 3.63) is 70.7 Å². The average Bonchev–Trinajstić information content (AvgIpc) is 2.77. The first-order valence-corrected chi connectivity index (χ1v) is 10.4. The van der Waals surface area contributed by atoms with E-state index in [9.17, 15) is 10.1 Å². The van der Waals surface area contributed by atoms with E-state index in [1.54, 1.807) is 24.3 Å². The third-order valence-electron chi connectivity index (χ3n) is 6.30. The second kappa shape index (κ2) is 6.86. The number of rotatable bonds is 2. The SMILES string of the molecule is N#C[C@]1(C(=O)c2ccc(Cl)cc2)Cc2cc3ccccc3nc2N2CCCC[C@H]21. The lowest BCUT2D eigenvalue weighted by molar-refractivity contribution is 0.0799. The molecule has 2 atom stereocenters. The number of hydrogen-bond acceptors (Lipinski definition) is 4. The van der Waals surface area contributed by atoms with E-state index in [1.165, 1.54) is 0 Å². The molecule has 0 N–H and O–H groups in total. The fraction of sp³-hybridized carbons (Fsp3) is 0.292. The Morgan fingerprint density at radius 3 is 2.76 bits per heavy atom. The van der Waals surface area contributed by atoms with Crippen molar-refractivity contribution in [2.24, 2.45) is 5.41 Å². The number of benzene rings is 2.